The number of carbonyl (C=O) groups excluding carboxylic acids is 11. The van der Waals surface area contributed by atoms with E-state index >= 15 is 0 Å². The minimum absolute atomic E-state index is 0.0136. The summed E-state index contributed by atoms with van der Waals surface area (Å²) in [6, 6.07) is 19.9. The third-order valence-electron chi connectivity index (χ3n) is 16.5. The number of hydrogen-bond donors (Lipinski definition) is 1. The summed E-state index contributed by atoms with van der Waals surface area (Å²) < 4.78 is 297. The number of nitrogens with zero attached hydrogens (tertiary/aromatic N) is 2. The second-order valence-electron chi connectivity index (χ2n) is 25.0. The SMILES string of the molecule is C=Cc1cccc(C(C(=O)OCC)C(=O)OCC)c1C(F)(F)F.CCOC(=O)C(C(=O)OCC)c1cccc(/C=N/O)c1C(F)(F)F.CCOC(=O)C(C(=O)OCC)c1cccc(Br)c1C(F)(F)F.CCOC(=O)C(C(=O)OCC)c1cccc(C=O)c1C(F)(F)F.CCOC(=O)C(Cl)(C(=O)OCC)c1cccc(C2=NOCC2)c1C(F)(F)F.Fc1cccc(Br)c1C(F)(F)F. The van der Waals surface area contributed by atoms with Gasteiger partial charge in [-0.15, -0.1) is 0 Å². The highest BCUT2D eigenvalue weighted by atomic mass is 79.9. The molecule has 0 bridgehead atoms. The van der Waals surface area contributed by atoms with Crippen LogP contribution in [0.15, 0.2) is 135 Å². The van der Waals surface area contributed by atoms with Gasteiger partial charge in [-0.25, -0.2) is 14.0 Å². The molecular formula is C84H82Br2ClF19N2O23. The molecule has 6 aromatic carbocycles. The molecule has 0 atom stereocenters. The van der Waals surface area contributed by atoms with Gasteiger partial charge in [0.15, 0.2) is 30.0 Å². The molecule has 131 heavy (non-hydrogen) atoms. The number of alkyl halides is 19. The number of rotatable bonds is 29. The van der Waals surface area contributed by atoms with Crippen molar-refractivity contribution >= 4 is 127 Å². The molecule has 0 saturated carbocycles. The summed E-state index contributed by atoms with van der Waals surface area (Å²) in [5, 5.41) is 14.7. The lowest BCUT2D eigenvalue weighted by atomic mass is 9.87. The predicted octanol–water partition coefficient (Wildman–Crippen LogP) is 19.7. The number of oxime groups is 2. The molecule has 7 rings (SSSR count). The van der Waals surface area contributed by atoms with Crippen molar-refractivity contribution in [2.45, 2.75) is 141 Å². The molecule has 0 radical (unpaired) electrons. The molecule has 1 aliphatic rings. The van der Waals surface area contributed by atoms with Crippen molar-refractivity contribution in [1.29, 1.82) is 0 Å². The van der Waals surface area contributed by atoms with Crippen molar-refractivity contribution in [3.05, 3.63) is 214 Å². The summed E-state index contributed by atoms with van der Waals surface area (Å²) in [6.45, 7) is 17.0. The Morgan fingerprint density at radius 1 is 0.405 bits per heavy atom. The smallest absolute Gasteiger partial charge is 0.420 e. The highest BCUT2D eigenvalue weighted by Crippen LogP contribution is 2.47. The van der Waals surface area contributed by atoms with E-state index in [1.165, 1.54) is 118 Å². The molecule has 25 nitrogen and oxygen atoms in total. The normalized spacial score (nSPS) is 12.0. The minimum atomic E-state index is -4.93. The fourth-order valence-corrected chi connectivity index (χ4v) is 13.0. The zero-order valence-electron chi connectivity index (χ0n) is 70.3. The Morgan fingerprint density at radius 2 is 0.679 bits per heavy atom. The van der Waals surface area contributed by atoms with Gasteiger partial charge < -0.3 is 57.4 Å². The second-order valence-corrected chi connectivity index (χ2v) is 27.3. The summed E-state index contributed by atoms with van der Waals surface area (Å²) in [6.07, 6.45) is -27.2. The minimum Gasteiger partial charge on any atom is -0.465 e. The third-order valence-corrected chi connectivity index (χ3v) is 18.4. The van der Waals surface area contributed by atoms with E-state index in [-0.39, 0.29) is 111 Å². The molecule has 0 aliphatic carbocycles. The zero-order chi connectivity index (χ0) is 100. The highest BCUT2D eigenvalue weighted by molar-refractivity contribution is 9.10. The standard InChI is InChI=1S/C17H17ClF3NO5.C16H17F3O4.C15H16F3NO5.C15H15F3O5.C14H14BrF3O4.C7H3BrF4/c1-3-25-14(23)16(18,15(24)26-4-2)11-7-5-6-10(12-8-9-27-22-12)13(11)17(19,20)21;1-4-10-8-7-9-11(13(10)16(17,18)19)12(14(20)22-5-2)15(21)23-6-3;1-3-23-13(20)11(14(21)24-4-2)10-7-5-6-9(8-19-22)12(10)15(16,17)18;1-3-22-13(20)11(14(21)23-4-2)10-7-5-6-9(8-19)12(10)15(16,17)18;1-3-21-12(19)10(13(20)22-4-2)8-6-5-7-9(15)11(8)14(16,17)18;8-4-2-1-3-5(9)6(4)7(10,11)12/h5-7H,3-4,8-9H2,1-2H3;4,7-9,12H,1,5-6H2,2-3H3;5-8,11,22H,3-4H2,1-2H3;5-8,11H,3-4H2,1-2H3;5-7,10H,3-4H2,1-2H3;1-3H/b;;19-8+;;;. The number of esters is 10. The van der Waals surface area contributed by atoms with Crippen molar-refractivity contribution in [2.75, 3.05) is 72.7 Å². The van der Waals surface area contributed by atoms with Crippen LogP contribution in [-0.2, 0) is 142 Å². The first-order valence-corrected chi connectivity index (χ1v) is 40.1. The van der Waals surface area contributed by atoms with Crippen LogP contribution >= 0.6 is 43.5 Å². The number of hydrogen-bond acceptors (Lipinski definition) is 25. The Hall–Kier alpha value is -11.7. The van der Waals surface area contributed by atoms with Crippen molar-refractivity contribution in [1.82, 2.24) is 0 Å². The number of aldehydes is 1. The lowest BCUT2D eigenvalue weighted by molar-refractivity contribution is -0.162. The van der Waals surface area contributed by atoms with Gasteiger partial charge in [-0.2, -0.15) is 79.0 Å². The van der Waals surface area contributed by atoms with Gasteiger partial charge in [0.2, 0.25) is 0 Å². The number of carbonyl (C=O) groups is 11. The molecule has 47 heteroatoms. The van der Waals surface area contributed by atoms with Crippen LogP contribution in [0.5, 0.6) is 0 Å². The van der Waals surface area contributed by atoms with Crippen LogP contribution in [0.25, 0.3) is 6.08 Å². The van der Waals surface area contributed by atoms with Gasteiger partial charge in [-0.1, -0.05) is 157 Å². The summed E-state index contributed by atoms with van der Waals surface area (Å²) in [7, 11) is 0. The van der Waals surface area contributed by atoms with Crippen LogP contribution in [-0.4, -0.2) is 156 Å². The van der Waals surface area contributed by atoms with Crippen molar-refractivity contribution in [3.8, 4) is 0 Å². The molecule has 6 aromatic rings. The van der Waals surface area contributed by atoms with Crippen LogP contribution in [0, 0.1) is 5.82 Å². The van der Waals surface area contributed by atoms with Crippen LogP contribution < -0.4 is 0 Å². The van der Waals surface area contributed by atoms with Crippen molar-refractivity contribution in [3.63, 3.8) is 0 Å². The van der Waals surface area contributed by atoms with Gasteiger partial charge in [0.05, 0.1) is 106 Å². The first-order valence-electron chi connectivity index (χ1n) is 38.1. The van der Waals surface area contributed by atoms with Gasteiger partial charge in [-0.3, -0.25) is 43.2 Å². The number of benzene rings is 6. The predicted molar refractivity (Wildman–Crippen MR) is 431 cm³/mol. The Balaban J connectivity index is 0.000000538. The summed E-state index contributed by atoms with van der Waals surface area (Å²) >= 11 is 11.6. The maximum Gasteiger partial charge on any atom is 0.420 e. The summed E-state index contributed by atoms with van der Waals surface area (Å²) in [5.74, 6) is -20.3. The summed E-state index contributed by atoms with van der Waals surface area (Å²) in [4.78, 5) is 134. The average molecular weight is 2040 g/mol. The van der Waals surface area contributed by atoms with Gasteiger partial charge >= 0.3 is 96.8 Å². The van der Waals surface area contributed by atoms with E-state index in [0.29, 0.717) is 6.21 Å². The number of ether oxygens (including phenoxy) is 10. The molecule has 1 aliphatic heterocycles. The Morgan fingerprint density at radius 3 is 0.954 bits per heavy atom. The first-order chi connectivity index (χ1) is 61.2. The average Bonchev–Trinajstić information content (AvgIpc) is 1.57. The summed E-state index contributed by atoms with van der Waals surface area (Å²) in [5.41, 5.74) is -12.1. The molecule has 0 fully saturated rings. The van der Waals surface area contributed by atoms with Crippen LogP contribution in [0.1, 0.15) is 188 Å². The second kappa shape index (κ2) is 53.0. The van der Waals surface area contributed by atoms with Crippen molar-refractivity contribution < 1.29 is 194 Å². The third kappa shape index (κ3) is 32.4. The Bertz CT molecular complexity index is 4780. The molecule has 0 amide bonds. The zero-order valence-corrected chi connectivity index (χ0v) is 74.2. The Kier molecular flexibility index (Phi) is 46.6. The van der Waals surface area contributed by atoms with E-state index in [1.807, 2.05) is 0 Å². The van der Waals surface area contributed by atoms with E-state index < -0.39 is 203 Å². The molecule has 0 saturated heterocycles. The number of halogens is 22. The maximum atomic E-state index is 13.9. The van der Waals surface area contributed by atoms with Gasteiger partial charge in [0.1, 0.15) is 18.0 Å². The molecule has 1 heterocycles. The van der Waals surface area contributed by atoms with E-state index in [2.05, 4.69) is 58.2 Å². The first kappa shape index (κ1) is 115. The highest BCUT2D eigenvalue weighted by Gasteiger charge is 2.55. The van der Waals surface area contributed by atoms with Gasteiger partial charge in [0.25, 0.3) is 4.87 Å². The maximum absolute atomic E-state index is 13.9. The van der Waals surface area contributed by atoms with E-state index in [4.69, 9.17) is 59.5 Å². The van der Waals surface area contributed by atoms with Crippen LogP contribution in [0.4, 0.5) is 83.4 Å². The topological polar surface area (TPSA) is 334 Å². The van der Waals surface area contributed by atoms with E-state index in [1.54, 1.807) is 0 Å². The molecule has 720 valence electrons. The monoisotopic (exact) mass is 2040 g/mol. The quantitative estimate of drug-likeness (QED) is 0.00524. The van der Waals surface area contributed by atoms with E-state index in [0.717, 1.165) is 66.7 Å². The largest absolute Gasteiger partial charge is 0.465 e. The fraction of sp³-hybridized carbons (Fsp3) is 0.393. The van der Waals surface area contributed by atoms with E-state index in [9.17, 15) is 136 Å². The van der Waals surface area contributed by atoms with Crippen molar-refractivity contribution in [2.24, 2.45) is 10.3 Å². The Labute approximate surface area is 755 Å². The molecule has 0 unspecified atom stereocenters. The van der Waals surface area contributed by atoms with Gasteiger partial charge in [-0.05, 0) is 115 Å². The molecular weight excluding hydrogens is 1960 g/mol. The molecule has 1 N–H and O–H groups in total. The molecule has 0 spiro atoms. The lowest BCUT2D eigenvalue weighted by Gasteiger charge is -2.27. The molecule has 0 aromatic heterocycles. The van der Waals surface area contributed by atoms with Crippen LogP contribution in [0.2, 0.25) is 0 Å². The lowest BCUT2D eigenvalue weighted by Crippen LogP contribution is -2.43. The fourth-order valence-electron chi connectivity index (χ4n) is 11.6. The van der Waals surface area contributed by atoms with Gasteiger partial charge in [0, 0.05) is 37.6 Å². The van der Waals surface area contributed by atoms with Crippen LogP contribution in [0.3, 0.4) is 0 Å².